The number of hydrogen-bond donors (Lipinski definition) is 1. The van der Waals surface area contributed by atoms with E-state index in [1.54, 1.807) is 17.0 Å². The summed E-state index contributed by atoms with van der Waals surface area (Å²) >= 11 is 0. The molecule has 0 aromatic heterocycles. The number of hydrogen-bond acceptors (Lipinski definition) is 6. The third kappa shape index (κ3) is 4.78. The number of morpholine rings is 1. The van der Waals surface area contributed by atoms with Crippen LogP contribution in [0.3, 0.4) is 0 Å². The average molecular weight is 367 g/mol. The largest absolute Gasteiger partial charge is 0.493 e. The van der Waals surface area contributed by atoms with Crippen LogP contribution < -0.4 is 14.2 Å². The van der Waals surface area contributed by atoms with Crippen LogP contribution in [0.25, 0.3) is 0 Å². The molecular weight excluding hydrogens is 342 g/mol. The number of ether oxygens (including phenoxy) is 4. The van der Waals surface area contributed by atoms with Gasteiger partial charge in [-0.25, -0.2) is 0 Å². The summed E-state index contributed by atoms with van der Waals surface area (Å²) in [6, 6.07) is 3.41. The molecule has 8 heteroatoms. The van der Waals surface area contributed by atoms with Gasteiger partial charge < -0.3 is 29.0 Å². The van der Waals surface area contributed by atoms with Crippen LogP contribution in [0.4, 0.5) is 0 Å². The lowest BCUT2D eigenvalue weighted by atomic mass is 9.95. The number of nitrogens with zero attached hydrogens (tertiary/aromatic N) is 1. The third-order valence-corrected chi connectivity index (χ3v) is 4.34. The van der Waals surface area contributed by atoms with Crippen LogP contribution in [0, 0.1) is 5.92 Å². The second-order valence-electron chi connectivity index (χ2n) is 5.97. The predicted molar refractivity (Wildman–Crippen MR) is 92.9 cm³/mol. The Morgan fingerprint density at radius 2 is 1.69 bits per heavy atom. The van der Waals surface area contributed by atoms with Gasteiger partial charge >= 0.3 is 5.97 Å². The predicted octanol–water partition coefficient (Wildman–Crippen LogP) is 1.20. The quantitative estimate of drug-likeness (QED) is 0.738. The van der Waals surface area contributed by atoms with E-state index >= 15 is 0 Å². The molecule has 1 saturated heterocycles. The molecule has 26 heavy (non-hydrogen) atoms. The van der Waals surface area contributed by atoms with Gasteiger partial charge in [0.25, 0.3) is 0 Å². The summed E-state index contributed by atoms with van der Waals surface area (Å²) in [6.45, 7) is 1.96. The molecule has 0 saturated carbocycles. The summed E-state index contributed by atoms with van der Waals surface area (Å²) in [5, 5.41) is 9.55. The minimum absolute atomic E-state index is 0.0635. The molecule has 144 valence electrons. The van der Waals surface area contributed by atoms with Gasteiger partial charge in [-0.1, -0.05) is 0 Å². The van der Waals surface area contributed by atoms with Crippen LogP contribution in [0.15, 0.2) is 12.1 Å². The highest BCUT2D eigenvalue weighted by atomic mass is 16.5. The number of rotatable bonds is 8. The van der Waals surface area contributed by atoms with Crippen molar-refractivity contribution < 1.29 is 33.6 Å². The molecule has 0 aliphatic carbocycles. The van der Waals surface area contributed by atoms with E-state index in [4.69, 9.17) is 18.9 Å². The Bertz CT molecular complexity index is 615. The van der Waals surface area contributed by atoms with Crippen molar-refractivity contribution in [2.45, 2.75) is 12.8 Å². The van der Waals surface area contributed by atoms with Gasteiger partial charge in [-0.15, -0.1) is 0 Å². The number of aliphatic carboxylic acids is 1. The molecule has 1 aromatic rings. The van der Waals surface area contributed by atoms with E-state index in [0.717, 1.165) is 0 Å². The van der Waals surface area contributed by atoms with Crippen molar-refractivity contribution >= 4 is 11.9 Å². The summed E-state index contributed by atoms with van der Waals surface area (Å²) in [5.41, 5.74) is 0.696. The maximum Gasteiger partial charge on any atom is 0.307 e. The minimum atomic E-state index is -1.01. The highest BCUT2D eigenvalue weighted by molar-refractivity contribution is 5.82. The van der Waals surface area contributed by atoms with Crippen LogP contribution >= 0.6 is 0 Å². The van der Waals surface area contributed by atoms with Gasteiger partial charge in [-0.05, 0) is 24.1 Å². The van der Waals surface area contributed by atoms with Gasteiger partial charge in [0.15, 0.2) is 11.5 Å². The average Bonchev–Trinajstić information content (AvgIpc) is 2.66. The lowest BCUT2D eigenvalue weighted by Crippen LogP contribution is -2.42. The van der Waals surface area contributed by atoms with Gasteiger partial charge in [0.05, 0.1) is 40.5 Å². The Morgan fingerprint density at radius 1 is 1.12 bits per heavy atom. The van der Waals surface area contributed by atoms with E-state index < -0.39 is 11.9 Å². The molecule has 8 nitrogen and oxygen atoms in total. The molecule has 1 heterocycles. The van der Waals surface area contributed by atoms with E-state index in [1.165, 1.54) is 21.3 Å². The number of carbonyl (C=O) groups is 2. The zero-order chi connectivity index (χ0) is 19.1. The summed E-state index contributed by atoms with van der Waals surface area (Å²) in [6.07, 6.45) is 0.119. The van der Waals surface area contributed by atoms with Crippen molar-refractivity contribution in [3.8, 4) is 17.2 Å². The van der Waals surface area contributed by atoms with Crippen molar-refractivity contribution in [2.24, 2.45) is 5.92 Å². The zero-order valence-electron chi connectivity index (χ0n) is 15.3. The molecule has 0 unspecified atom stereocenters. The summed E-state index contributed by atoms with van der Waals surface area (Å²) < 4.78 is 21.1. The Morgan fingerprint density at radius 3 is 2.15 bits per heavy atom. The van der Waals surface area contributed by atoms with E-state index in [2.05, 4.69) is 0 Å². The highest BCUT2D eigenvalue weighted by Gasteiger charge is 2.26. The monoisotopic (exact) mass is 367 g/mol. The van der Waals surface area contributed by atoms with Crippen molar-refractivity contribution in [3.05, 3.63) is 17.7 Å². The first-order valence-corrected chi connectivity index (χ1v) is 8.37. The Labute approximate surface area is 152 Å². The van der Waals surface area contributed by atoms with E-state index in [-0.39, 0.29) is 18.7 Å². The van der Waals surface area contributed by atoms with Crippen LogP contribution in [0.5, 0.6) is 17.2 Å². The standard InChI is InChI=1S/C18H25NO7/c1-23-14-9-12(10-15(24-2)17(14)25-3)8-13(18(21)22)11-16(20)19-4-6-26-7-5-19/h9-10,13H,4-8,11H2,1-3H3,(H,21,22)/t13-/m0/s1. The number of carbonyl (C=O) groups excluding carboxylic acids is 1. The number of amides is 1. The minimum Gasteiger partial charge on any atom is -0.493 e. The second kappa shape index (κ2) is 9.28. The van der Waals surface area contributed by atoms with E-state index in [0.29, 0.717) is 49.1 Å². The molecule has 1 amide bonds. The Balaban J connectivity index is 2.16. The molecular formula is C18H25NO7. The number of benzene rings is 1. The van der Waals surface area contributed by atoms with Gasteiger partial charge in [-0.3, -0.25) is 9.59 Å². The smallest absolute Gasteiger partial charge is 0.307 e. The molecule has 1 atom stereocenters. The van der Waals surface area contributed by atoms with Gasteiger partial charge in [0, 0.05) is 19.5 Å². The lowest BCUT2D eigenvalue weighted by Gasteiger charge is -2.28. The van der Waals surface area contributed by atoms with Crippen LogP contribution in [0.1, 0.15) is 12.0 Å². The molecule has 1 aliphatic rings. The van der Waals surface area contributed by atoms with Gasteiger partial charge in [0.1, 0.15) is 0 Å². The van der Waals surface area contributed by atoms with Crippen molar-refractivity contribution in [1.29, 1.82) is 0 Å². The SMILES string of the molecule is COc1cc(C[C@@H](CC(=O)N2CCOCC2)C(=O)O)cc(OC)c1OC. The first kappa shape index (κ1) is 19.8. The lowest BCUT2D eigenvalue weighted by molar-refractivity contribution is -0.147. The fourth-order valence-corrected chi connectivity index (χ4v) is 2.94. The molecule has 0 bridgehead atoms. The molecule has 1 aliphatic heterocycles. The summed E-state index contributed by atoms with van der Waals surface area (Å²) in [4.78, 5) is 25.7. The van der Waals surface area contributed by atoms with Crippen LogP contribution in [-0.4, -0.2) is 69.5 Å². The number of carboxylic acid groups (broad SMARTS) is 1. The Hall–Kier alpha value is -2.48. The van der Waals surface area contributed by atoms with Gasteiger partial charge in [0.2, 0.25) is 11.7 Å². The molecule has 1 aromatic carbocycles. The van der Waals surface area contributed by atoms with E-state index in [1.807, 2.05) is 0 Å². The Kier molecular flexibility index (Phi) is 7.08. The maximum absolute atomic E-state index is 12.4. The molecule has 0 radical (unpaired) electrons. The van der Waals surface area contributed by atoms with E-state index in [9.17, 15) is 14.7 Å². The first-order chi connectivity index (χ1) is 12.5. The maximum atomic E-state index is 12.4. The third-order valence-electron chi connectivity index (χ3n) is 4.34. The fourth-order valence-electron chi connectivity index (χ4n) is 2.94. The van der Waals surface area contributed by atoms with Crippen molar-refractivity contribution in [2.75, 3.05) is 47.6 Å². The summed E-state index contributed by atoms with van der Waals surface area (Å²) in [5.74, 6) is -0.687. The molecule has 2 rings (SSSR count). The normalized spacial score (nSPS) is 15.3. The van der Waals surface area contributed by atoms with Crippen LogP contribution in [0.2, 0.25) is 0 Å². The van der Waals surface area contributed by atoms with Crippen molar-refractivity contribution in [1.82, 2.24) is 4.90 Å². The second-order valence-corrected chi connectivity index (χ2v) is 5.97. The highest BCUT2D eigenvalue weighted by Crippen LogP contribution is 2.38. The summed E-state index contributed by atoms with van der Waals surface area (Å²) in [7, 11) is 4.50. The topological polar surface area (TPSA) is 94.5 Å². The first-order valence-electron chi connectivity index (χ1n) is 8.37. The molecule has 0 spiro atoms. The van der Waals surface area contributed by atoms with Gasteiger partial charge in [-0.2, -0.15) is 0 Å². The fraction of sp³-hybridized carbons (Fsp3) is 0.556. The van der Waals surface area contributed by atoms with Crippen LogP contribution in [-0.2, 0) is 20.7 Å². The molecule has 1 N–H and O–H groups in total. The number of methoxy groups -OCH3 is 3. The zero-order valence-corrected chi connectivity index (χ0v) is 15.3. The number of carboxylic acids is 1. The molecule has 1 fully saturated rings. The van der Waals surface area contributed by atoms with Crippen molar-refractivity contribution in [3.63, 3.8) is 0 Å².